The number of morpholine rings is 1. The van der Waals surface area contributed by atoms with Crippen LogP contribution in [0.3, 0.4) is 0 Å². The fraction of sp³-hybridized carbons (Fsp3) is 0.786. The quantitative estimate of drug-likeness (QED) is 0.730. The zero-order chi connectivity index (χ0) is 14.3. The summed E-state index contributed by atoms with van der Waals surface area (Å²) in [5.41, 5.74) is 0. The Labute approximate surface area is 115 Å². The minimum Gasteiger partial charge on any atom is -0.393 e. The van der Waals surface area contributed by atoms with E-state index in [0.29, 0.717) is 32.6 Å². The van der Waals surface area contributed by atoms with E-state index in [1.165, 1.54) is 0 Å². The molecule has 0 aromatic heterocycles. The van der Waals surface area contributed by atoms with Crippen molar-refractivity contribution in [1.82, 2.24) is 10.2 Å². The highest BCUT2D eigenvalue weighted by molar-refractivity contribution is 5.75. The summed E-state index contributed by atoms with van der Waals surface area (Å²) in [4.78, 5) is 14.0. The Kier molecular flexibility index (Phi) is 6.68. The predicted molar refractivity (Wildman–Crippen MR) is 73.7 cm³/mol. The van der Waals surface area contributed by atoms with Gasteiger partial charge in [-0.15, -0.1) is 12.3 Å². The van der Waals surface area contributed by atoms with Crippen LogP contribution >= 0.6 is 0 Å². The van der Waals surface area contributed by atoms with Crippen LogP contribution in [0.2, 0.25) is 0 Å². The molecule has 1 saturated heterocycles. The Morgan fingerprint density at radius 1 is 1.68 bits per heavy atom. The van der Waals surface area contributed by atoms with Gasteiger partial charge in [0.1, 0.15) is 0 Å². The van der Waals surface area contributed by atoms with Crippen molar-refractivity contribution in [3.05, 3.63) is 0 Å². The van der Waals surface area contributed by atoms with E-state index in [-0.39, 0.29) is 18.1 Å². The fourth-order valence-corrected chi connectivity index (χ4v) is 2.21. The number of aliphatic hydroxyl groups is 1. The molecule has 1 rings (SSSR count). The molecule has 5 heteroatoms. The van der Waals surface area contributed by atoms with E-state index in [1.807, 2.05) is 6.92 Å². The average Bonchev–Trinajstić information content (AvgIpc) is 2.38. The number of ether oxygens (including phenoxy) is 1. The predicted octanol–water partition coefficient (Wildman–Crippen LogP) is 0.970. The number of hydrogen-bond donors (Lipinski definition) is 2. The molecule has 1 fully saturated rings. The third kappa shape index (κ3) is 5.09. The minimum atomic E-state index is -0.449. The summed E-state index contributed by atoms with van der Waals surface area (Å²) in [6.45, 7) is 5.28. The Morgan fingerprint density at radius 2 is 2.42 bits per heavy atom. The van der Waals surface area contributed by atoms with Crippen LogP contribution in [0.15, 0.2) is 0 Å². The van der Waals surface area contributed by atoms with Gasteiger partial charge >= 0.3 is 6.03 Å². The first kappa shape index (κ1) is 15.8. The van der Waals surface area contributed by atoms with Crippen molar-refractivity contribution >= 4 is 6.03 Å². The van der Waals surface area contributed by atoms with Crippen molar-refractivity contribution in [3.8, 4) is 12.3 Å². The lowest BCUT2D eigenvalue weighted by Gasteiger charge is -2.37. The molecule has 1 aliphatic rings. The number of hydrogen-bond acceptors (Lipinski definition) is 3. The summed E-state index contributed by atoms with van der Waals surface area (Å²) in [7, 11) is 0. The first-order valence-electron chi connectivity index (χ1n) is 6.84. The van der Waals surface area contributed by atoms with Gasteiger partial charge in [0.2, 0.25) is 0 Å². The highest BCUT2D eigenvalue weighted by atomic mass is 16.5. The molecule has 0 bridgehead atoms. The van der Waals surface area contributed by atoms with E-state index in [1.54, 1.807) is 11.8 Å². The van der Waals surface area contributed by atoms with Crippen LogP contribution in [0.25, 0.3) is 0 Å². The van der Waals surface area contributed by atoms with Crippen LogP contribution in [0.5, 0.6) is 0 Å². The van der Waals surface area contributed by atoms with Gasteiger partial charge in [-0.05, 0) is 19.8 Å². The third-order valence-corrected chi connectivity index (χ3v) is 3.29. The van der Waals surface area contributed by atoms with Gasteiger partial charge in [0, 0.05) is 19.0 Å². The molecule has 3 atom stereocenters. The second-order valence-electron chi connectivity index (χ2n) is 4.97. The van der Waals surface area contributed by atoms with Gasteiger partial charge in [-0.25, -0.2) is 4.79 Å². The van der Waals surface area contributed by atoms with Gasteiger partial charge < -0.3 is 20.1 Å². The molecular formula is C14H24N2O3. The third-order valence-electron chi connectivity index (χ3n) is 3.29. The summed E-state index contributed by atoms with van der Waals surface area (Å²) in [6.07, 6.45) is 6.70. The van der Waals surface area contributed by atoms with Crippen molar-refractivity contribution < 1.29 is 14.6 Å². The molecule has 0 unspecified atom stereocenters. The van der Waals surface area contributed by atoms with Crippen molar-refractivity contribution in [2.24, 2.45) is 0 Å². The number of amides is 2. The van der Waals surface area contributed by atoms with E-state index in [0.717, 1.165) is 6.42 Å². The molecule has 2 N–H and O–H groups in total. The molecule has 1 heterocycles. The molecule has 0 aromatic rings. The summed E-state index contributed by atoms with van der Waals surface area (Å²) >= 11 is 0. The van der Waals surface area contributed by atoms with Gasteiger partial charge in [-0.1, -0.05) is 6.92 Å². The van der Waals surface area contributed by atoms with Crippen LogP contribution in [0.1, 0.15) is 33.1 Å². The number of aliphatic hydroxyl groups excluding tert-OH is 1. The van der Waals surface area contributed by atoms with Gasteiger partial charge in [0.05, 0.1) is 25.4 Å². The number of carbonyl (C=O) groups is 1. The zero-order valence-corrected chi connectivity index (χ0v) is 11.8. The van der Waals surface area contributed by atoms with Crippen LogP contribution < -0.4 is 5.32 Å². The number of nitrogens with zero attached hydrogens (tertiary/aromatic N) is 1. The first-order chi connectivity index (χ1) is 9.08. The molecule has 108 valence electrons. The Bertz CT molecular complexity index is 325. The van der Waals surface area contributed by atoms with Crippen molar-refractivity contribution in [2.45, 2.75) is 51.3 Å². The monoisotopic (exact) mass is 268 g/mol. The SMILES string of the molecule is C#CC[C@H](CC)NC(=O)N1CCOC[C@H]1C[C@@H](C)O. The zero-order valence-electron chi connectivity index (χ0n) is 11.8. The molecule has 1 aliphatic heterocycles. The lowest BCUT2D eigenvalue weighted by molar-refractivity contribution is -0.00481. The molecule has 0 radical (unpaired) electrons. The fourth-order valence-electron chi connectivity index (χ4n) is 2.21. The molecular weight excluding hydrogens is 244 g/mol. The van der Waals surface area contributed by atoms with Crippen LogP contribution in [0, 0.1) is 12.3 Å². The number of rotatable bonds is 5. The Balaban J connectivity index is 2.58. The van der Waals surface area contributed by atoms with Gasteiger partial charge in [0.25, 0.3) is 0 Å². The highest BCUT2D eigenvalue weighted by Gasteiger charge is 2.29. The molecule has 0 aliphatic carbocycles. The Hall–Kier alpha value is -1.25. The maximum absolute atomic E-state index is 12.2. The molecule has 0 spiro atoms. The van der Waals surface area contributed by atoms with Crippen LogP contribution in [-0.4, -0.2) is 54.0 Å². The second-order valence-corrected chi connectivity index (χ2v) is 4.97. The summed E-state index contributed by atoms with van der Waals surface area (Å²) in [5, 5.41) is 12.4. The van der Waals surface area contributed by atoms with Crippen LogP contribution in [0.4, 0.5) is 4.79 Å². The van der Waals surface area contributed by atoms with Gasteiger partial charge in [-0.3, -0.25) is 0 Å². The van der Waals surface area contributed by atoms with Crippen molar-refractivity contribution in [3.63, 3.8) is 0 Å². The molecule has 0 aromatic carbocycles. The van der Waals surface area contributed by atoms with Gasteiger partial charge in [-0.2, -0.15) is 0 Å². The van der Waals surface area contributed by atoms with E-state index in [9.17, 15) is 9.90 Å². The number of urea groups is 1. The lowest BCUT2D eigenvalue weighted by Crippen LogP contribution is -2.54. The Morgan fingerprint density at radius 3 is 3.00 bits per heavy atom. The largest absolute Gasteiger partial charge is 0.393 e. The number of nitrogens with one attached hydrogen (secondary N) is 1. The van der Waals surface area contributed by atoms with Crippen molar-refractivity contribution in [2.75, 3.05) is 19.8 Å². The molecule has 5 nitrogen and oxygen atoms in total. The van der Waals surface area contributed by atoms with E-state index >= 15 is 0 Å². The lowest BCUT2D eigenvalue weighted by atomic mass is 10.1. The summed E-state index contributed by atoms with van der Waals surface area (Å²) in [5.74, 6) is 2.57. The standard InChI is InChI=1S/C14H24N2O3/c1-4-6-12(5-2)15-14(18)16-7-8-19-10-13(16)9-11(3)17/h1,11-13,17H,5-10H2,2-3H3,(H,15,18)/t11-,12+,13-/m1/s1. The van der Waals surface area contributed by atoms with Crippen LogP contribution in [-0.2, 0) is 4.74 Å². The highest BCUT2D eigenvalue weighted by Crippen LogP contribution is 2.13. The first-order valence-corrected chi connectivity index (χ1v) is 6.84. The molecule has 19 heavy (non-hydrogen) atoms. The molecule has 2 amide bonds. The maximum Gasteiger partial charge on any atom is 0.318 e. The normalized spacial score (nSPS) is 22.4. The van der Waals surface area contributed by atoms with Crippen molar-refractivity contribution in [1.29, 1.82) is 0 Å². The topological polar surface area (TPSA) is 61.8 Å². The van der Waals surface area contributed by atoms with E-state index < -0.39 is 6.10 Å². The summed E-state index contributed by atoms with van der Waals surface area (Å²) in [6, 6.07) is -0.180. The second kappa shape index (κ2) is 8.03. The summed E-state index contributed by atoms with van der Waals surface area (Å²) < 4.78 is 5.38. The minimum absolute atomic E-state index is 0.00699. The molecule has 0 saturated carbocycles. The van der Waals surface area contributed by atoms with Gasteiger partial charge in [0.15, 0.2) is 0 Å². The smallest absolute Gasteiger partial charge is 0.318 e. The maximum atomic E-state index is 12.2. The van der Waals surface area contributed by atoms with E-state index in [4.69, 9.17) is 11.2 Å². The number of terminal acetylenes is 1. The van der Waals surface area contributed by atoms with E-state index in [2.05, 4.69) is 11.2 Å². The number of carbonyl (C=O) groups excluding carboxylic acids is 1. The average molecular weight is 268 g/mol.